The average molecular weight is 395 g/mol. The van der Waals surface area contributed by atoms with E-state index in [9.17, 15) is 23.5 Å². The van der Waals surface area contributed by atoms with E-state index >= 15 is 0 Å². The van der Waals surface area contributed by atoms with Gasteiger partial charge >= 0.3 is 0 Å². The first-order chi connectivity index (χ1) is 13.2. The summed E-state index contributed by atoms with van der Waals surface area (Å²) in [6.07, 6.45) is 2.20. The van der Waals surface area contributed by atoms with Crippen molar-refractivity contribution >= 4 is 24.6 Å². The maximum atomic E-state index is 12.7. The van der Waals surface area contributed by atoms with Gasteiger partial charge in [-0.3, -0.25) is 19.6 Å². The maximum absolute atomic E-state index is 12.7. The smallest absolute Gasteiger partial charge is 0.257 e. The van der Waals surface area contributed by atoms with E-state index in [0.29, 0.717) is 11.1 Å². The van der Waals surface area contributed by atoms with Gasteiger partial charge in [0.15, 0.2) is 5.78 Å². The molecule has 28 heavy (non-hydrogen) atoms. The summed E-state index contributed by atoms with van der Waals surface area (Å²) in [4.78, 5) is 33.4. The van der Waals surface area contributed by atoms with Gasteiger partial charge in [-0.15, -0.1) is 0 Å². The molecule has 0 radical (unpaired) electrons. The molecule has 0 aromatic heterocycles. The van der Waals surface area contributed by atoms with Gasteiger partial charge in [0.2, 0.25) is 0 Å². The van der Waals surface area contributed by atoms with Crippen molar-refractivity contribution in [3.63, 3.8) is 0 Å². The van der Waals surface area contributed by atoms with Gasteiger partial charge in [0.1, 0.15) is 6.10 Å². The van der Waals surface area contributed by atoms with Crippen LogP contribution >= 0.6 is 0 Å². The lowest BCUT2D eigenvalue weighted by molar-refractivity contribution is -0.124. The molecule has 0 bridgehead atoms. The zero-order chi connectivity index (χ0) is 21.3. The van der Waals surface area contributed by atoms with Crippen molar-refractivity contribution in [1.82, 2.24) is 4.90 Å². The molecule has 1 heterocycles. The number of hydrogen-bond acceptors (Lipinski definition) is 6. The number of ketones is 1. The number of carbonyl (C=O) groups excluding carboxylic acids is 2. The Hall–Kier alpha value is -2.94. The van der Waals surface area contributed by atoms with E-state index < -0.39 is 30.8 Å². The molecule has 0 fully saturated rings. The zero-order valence-electron chi connectivity index (χ0n) is 15.7. The number of Topliss-reactive ketones (excluding diaryl/α,β-unsaturated/α-hetero) is 1. The number of amides is 1. The van der Waals surface area contributed by atoms with Crippen molar-refractivity contribution in [2.75, 3.05) is 19.6 Å². The standard InChI is InChI=1S/C19H23F2N3O4/c1-12(11-25)6-14(7-23-8-17(20)21)9-24-10-16(18(27)13(2)26)15(19(24)28)4-5-22-3/h4-7,11,13,17,25-26H,3,8-10H2,1-2H3/b5-4-,12-11+,14-6+,23-7-/t13-/m1/s1. The van der Waals surface area contributed by atoms with Crippen LogP contribution in [-0.2, 0) is 9.59 Å². The fourth-order valence-corrected chi connectivity index (χ4v) is 2.46. The highest BCUT2D eigenvalue weighted by Gasteiger charge is 2.33. The van der Waals surface area contributed by atoms with E-state index in [1.165, 1.54) is 36.4 Å². The van der Waals surface area contributed by atoms with Gasteiger partial charge in [0.05, 0.1) is 19.4 Å². The molecular formula is C19H23F2N3O4. The van der Waals surface area contributed by atoms with Crippen molar-refractivity contribution in [1.29, 1.82) is 0 Å². The number of halogens is 2. The summed E-state index contributed by atoms with van der Waals surface area (Å²) in [5.41, 5.74) is 1.01. The minimum absolute atomic E-state index is 0.0355. The van der Waals surface area contributed by atoms with Crippen LogP contribution in [0.5, 0.6) is 0 Å². The first kappa shape index (κ1) is 23.1. The number of hydrogen-bond donors (Lipinski definition) is 2. The van der Waals surface area contributed by atoms with Crippen LogP contribution in [0.3, 0.4) is 0 Å². The molecule has 0 aliphatic carbocycles. The van der Waals surface area contributed by atoms with Crippen LogP contribution in [0.1, 0.15) is 13.8 Å². The van der Waals surface area contributed by atoms with Crippen LogP contribution in [0.15, 0.2) is 56.9 Å². The molecule has 1 aliphatic rings. The summed E-state index contributed by atoms with van der Waals surface area (Å²) in [6, 6.07) is 0. The predicted molar refractivity (Wildman–Crippen MR) is 103 cm³/mol. The Morgan fingerprint density at radius 1 is 1.43 bits per heavy atom. The molecule has 0 aromatic carbocycles. The van der Waals surface area contributed by atoms with E-state index in [-0.39, 0.29) is 24.2 Å². The minimum atomic E-state index is -2.61. The summed E-state index contributed by atoms with van der Waals surface area (Å²) in [5, 5.41) is 18.7. The van der Waals surface area contributed by atoms with Crippen molar-refractivity contribution in [3.05, 3.63) is 46.9 Å². The lowest BCUT2D eigenvalue weighted by Crippen LogP contribution is -2.31. The number of allylic oxidation sites excluding steroid dienone is 2. The third-order valence-electron chi connectivity index (χ3n) is 3.71. The first-order valence-corrected chi connectivity index (χ1v) is 8.37. The largest absolute Gasteiger partial charge is 0.515 e. The Bertz CT molecular complexity index is 765. The molecule has 2 N–H and O–H groups in total. The van der Waals surface area contributed by atoms with Gasteiger partial charge in [0.25, 0.3) is 12.3 Å². The second kappa shape index (κ2) is 11.0. The molecule has 1 rings (SSSR count). The highest BCUT2D eigenvalue weighted by molar-refractivity contribution is 6.12. The molecule has 152 valence electrons. The quantitative estimate of drug-likeness (QED) is 0.336. The van der Waals surface area contributed by atoms with Crippen molar-refractivity contribution in [3.8, 4) is 0 Å². The fraction of sp³-hybridized carbons (Fsp3) is 0.368. The number of carbonyl (C=O) groups is 2. The van der Waals surface area contributed by atoms with E-state index in [1.807, 2.05) is 0 Å². The van der Waals surface area contributed by atoms with Crippen LogP contribution in [0, 0.1) is 0 Å². The molecule has 0 saturated carbocycles. The van der Waals surface area contributed by atoms with Crippen LogP contribution in [0.2, 0.25) is 0 Å². The minimum Gasteiger partial charge on any atom is -0.515 e. The second-order valence-corrected chi connectivity index (χ2v) is 6.07. The van der Waals surface area contributed by atoms with E-state index in [4.69, 9.17) is 5.11 Å². The van der Waals surface area contributed by atoms with Gasteiger partial charge in [-0.05, 0) is 43.9 Å². The Balaban J connectivity index is 3.15. The Kier molecular flexibility index (Phi) is 9.10. The van der Waals surface area contributed by atoms with E-state index in [1.54, 1.807) is 6.92 Å². The monoisotopic (exact) mass is 395 g/mol. The van der Waals surface area contributed by atoms with Crippen LogP contribution in [0.25, 0.3) is 0 Å². The second-order valence-electron chi connectivity index (χ2n) is 6.07. The Labute approximate surface area is 161 Å². The van der Waals surface area contributed by atoms with E-state index in [2.05, 4.69) is 16.7 Å². The van der Waals surface area contributed by atoms with Gasteiger partial charge in [-0.1, -0.05) is 0 Å². The predicted octanol–water partition coefficient (Wildman–Crippen LogP) is 2.01. The van der Waals surface area contributed by atoms with Crippen LogP contribution < -0.4 is 0 Å². The van der Waals surface area contributed by atoms with Gasteiger partial charge in [-0.2, -0.15) is 0 Å². The van der Waals surface area contributed by atoms with Gasteiger partial charge < -0.3 is 15.1 Å². The normalized spacial score (nSPS) is 17.5. The molecule has 9 heteroatoms. The van der Waals surface area contributed by atoms with E-state index in [0.717, 1.165) is 6.26 Å². The number of aliphatic hydroxyl groups excluding tert-OH is 2. The maximum Gasteiger partial charge on any atom is 0.257 e. The van der Waals surface area contributed by atoms with Crippen molar-refractivity contribution in [2.45, 2.75) is 26.4 Å². The highest BCUT2D eigenvalue weighted by atomic mass is 19.3. The first-order valence-electron chi connectivity index (χ1n) is 8.37. The Morgan fingerprint density at radius 3 is 2.64 bits per heavy atom. The average Bonchev–Trinajstić information content (AvgIpc) is 2.94. The SMILES string of the molecule is C=N/C=C\C1=C(C(=O)[C@@H](C)O)CN(CC(/C=N\CC(F)F)=C/C(C)=C/O)C1=O. The molecule has 1 atom stereocenters. The zero-order valence-corrected chi connectivity index (χ0v) is 15.7. The van der Waals surface area contributed by atoms with Gasteiger partial charge in [0, 0.05) is 30.1 Å². The third-order valence-corrected chi connectivity index (χ3v) is 3.71. The van der Waals surface area contributed by atoms with Crippen LogP contribution in [-0.4, -0.2) is 71.9 Å². The summed E-state index contributed by atoms with van der Waals surface area (Å²) in [5.74, 6) is -1.08. The van der Waals surface area contributed by atoms with Crippen LogP contribution in [0.4, 0.5) is 8.78 Å². The van der Waals surface area contributed by atoms with Crippen molar-refractivity contribution in [2.24, 2.45) is 9.98 Å². The molecule has 7 nitrogen and oxygen atoms in total. The number of nitrogens with zero attached hydrogens (tertiary/aromatic N) is 3. The third kappa shape index (κ3) is 6.66. The fourth-order valence-electron chi connectivity index (χ4n) is 2.46. The lowest BCUT2D eigenvalue weighted by atomic mass is 10.0. The van der Waals surface area contributed by atoms with Gasteiger partial charge in [-0.25, -0.2) is 8.78 Å². The molecule has 1 amide bonds. The molecule has 0 unspecified atom stereocenters. The number of aliphatic hydroxyl groups is 2. The highest BCUT2D eigenvalue weighted by Crippen LogP contribution is 2.23. The molecule has 0 spiro atoms. The number of aliphatic imine (C=N–C) groups is 2. The molecular weight excluding hydrogens is 372 g/mol. The number of rotatable bonds is 10. The van der Waals surface area contributed by atoms with Crippen molar-refractivity contribution < 1.29 is 28.6 Å². The summed E-state index contributed by atoms with van der Waals surface area (Å²) in [6.45, 7) is 5.35. The molecule has 0 saturated heterocycles. The molecule has 1 aliphatic heterocycles. The summed E-state index contributed by atoms with van der Waals surface area (Å²) < 4.78 is 24.7. The molecule has 0 aromatic rings. The summed E-state index contributed by atoms with van der Waals surface area (Å²) in [7, 11) is 0. The topological polar surface area (TPSA) is 103 Å². The number of alkyl halides is 2. The lowest BCUT2D eigenvalue weighted by Gasteiger charge is -2.17. The Morgan fingerprint density at radius 2 is 2.11 bits per heavy atom. The summed E-state index contributed by atoms with van der Waals surface area (Å²) >= 11 is 0.